The number of rotatable bonds is 7. The van der Waals surface area contributed by atoms with Crippen molar-refractivity contribution in [2.45, 2.75) is 31.6 Å². The average molecular weight is 249 g/mol. The second kappa shape index (κ2) is 7.10. The lowest BCUT2D eigenvalue weighted by Gasteiger charge is -2.15. The van der Waals surface area contributed by atoms with Gasteiger partial charge in [0, 0.05) is 17.9 Å². The first-order valence-electron chi connectivity index (χ1n) is 4.66. The lowest BCUT2D eigenvalue weighted by atomic mass is 10.3. The molecule has 0 spiro atoms. The zero-order valence-electron chi connectivity index (χ0n) is 9.10. The maximum Gasteiger partial charge on any atom is 0.327 e. The van der Waals surface area contributed by atoms with E-state index in [4.69, 9.17) is 10.2 Å². The van der Waals surface area contributed by atoms with Gasteiger partial charge in [-0.25, -0.2) is 4.79 Å². The number of carbonyl (C=O) groups is 3. The molecular formula is C9H15NO5S. The highest BCUT2D eigenvalue weighted by Gasteiger charge is 2.20. The van der Waals surface area contributed by atoms with Gasteiger partial charge in [0.05, 0.1) is 6.42 Å². The molecule has 0 aliphatic carbocycles. The van der Waals surface area contributed by atoms with E-state index in [2.05, 4.69) is 5.32 Å². The van der Waals surface area contributed by atoms with E-state index in [-0.39, 0.29) is 17.4 Å². The van der Waals surface area contributed by atoms with Crippen LogP contribution >= 0.6 is 11.8 Å². The van der Waals surface area contributed by atoms with Crippen LogP contribution in [0, 0.1) is 0 Å². The summed E-state index contributed by atoms with van der Waals surface area (Å²) in [6, 6.07) is -0.973. The zero-order valence-corrected chi connectivity index (χ0v) is 9.91. The molecule has 0 saturated heterocycles. The van der Waals surface area contributed by atoms with E-state index in [9.17, 15) is 14.4 Å². The van der Waals surface area contributed by atoms with E-state index in [1.165, 1.54) is 18.7 Å². The molecule has 3 N–H and O–H groups in total. The van der Waals surface area contributed by atoms with Crippen LogP contribution in [-0.4, -0.2) is 45.1 Å². The maximum absolute atomic E-state index is 10.7. The van der Waals surface area contributed by atoms with Crippen LogP contribution in [0.2, 0.25) is 0 Å². The van der Waals surface area contributed by atoms with Crippen LogP contribution in [0.15, 0.2) is 0 Å². The minimum absolute atomic E-state index is 0.0307. The van der Waals surface area contributed by atoms with Crippen LogP contribution < -0.4 is 5.32 Å². The van der Waals surface area contributed by atoms with E-state index < -0.39 is 23.9 Å². The van der Waals surface area contributed by atoms with Crippen molar-refractivity contribution in [2.24, 2.45) is 0 Å². The van der Waals surface area contributed by atoms with Gasteiger partial charge in [-0.2, -0.15) is 11.8 Å². The van der Waals surface area contributed by atoms with Crippen LogP contribution in [0.4, 0.5) is 0 Å². The van der Waals surface area contributed by atoms with Crippen LogP contribution in [0.25, 0.3) is 0 Å². The predicted octanol–water partition coefficient (Wildman–Crippen LogP) is 0.172. The standard InChI is InChI=1S/C9H15NO5S/c1-5(3-8(12)13)16-4-7(9(14)15)10-6(2)11/h5,7H,3-4H2,1-2H3,(H,10,11)(H,12,13)(H,14,15). The van der Waals surface area contributed by atoms with Gasteiger partial charge in [-0.3, -0.25) is 9.59 Å². The summed E-state index contributed by atoms with van der Waals surface area (Å²) in [5.74, 6) is -2.31. The highest BCUT2D eigenvalue weighted by molar-refractivity contribution is 7.99. The van der Waals surface area contributed by atoms with E-state index >= 15 is 0 Å². The molecule has 16 heavy (non-hydrogen) atoms. The van der Waals surface area contributed by atoms with Gasteiger partial charge < -0.3 is 15.5 Å². The summed E-state index contributed by atoms with van der Waals surface area (Å²) in [6.07, 6.45) is -0.0307. The molecule has 0 fully saturated rings. The van der Waals surface area contributed by atoms with E-state index in [1.54, 1.807) is 6.92 Å². The number of aliphatic carboxylic acids is 2. The fraction of sp³-hybridized carbons (Fsp3) is 0.667. The quantitative estimate of drug-likeness (QED) is 0.594. The van der Waals surface area contributed by atoms with E-state index in [0.29, 0.717) is 0 Å². The summed E-state index contributed by atoms with van der Waals surface area (Å²) < 4.78 is 0. The summed E-state index contributed by atoms with van der Waals surface area (Å²) in [6.45, 7) is 2.94. The van der Waals surface area contributed by atoms with Gasteiger partial charge in [0.15, 0.2) is 0 Å². The van der Waals surface area contributed by atoms with Gasteiger partial charge in [0.2, 0.25) is 5.91 Å². The molecule has 0 aliphatic heterocycles. The first-order valence-corrected chi connectivity index (χ1v) is 5.71. The Morgan fingerprint density at radius 1 is 1.31 bits per heavy atom. The van der Waals surface area contributed by atoms with Gasteiger partial charge in [-0.05, 0) is 0 Å². The molecule has 0 rings (SSSR count). The molecule has 92 valence electrons. The monoisotopic (exact) mass is 249 g/mol. The molecule has 0 aliphatic rings. The SMILES string of the molecule is CC(=O)NC(CSC(C)CC(=O)O)C(=O)O. The zero-order chi connectivity index (χ0) is 12.7. The summed E-state index contributed by atoms with van der Waals surface area (Å²) in [4.78, 5) is 31.8. The lowest BCUT2D eigenvalue weighted by Crippen LogP contribution is -2.41. The molecule has 0 heterocycles. The number of amides is 1. The van der Waals surface area contributed by atoms with E-state index in [0.717, 1.165) is 0 Å². The molecular weight excluding hydrogens is 234 g/mol. The molecule has 0 radical (unpaired) electrons. The first kappa shape index (κ1) is 14.8. The van der Waals surface area contributed by atoms with Crippen LogP contribution in [-0.2, 0) is 14.4 Å². The normalized spacial score (nSPS) is 13.9. The van der Waals surface area contributed by atoms with Crippen LogP contribution in [0.5, 0.6) is 0 Å². The van der Waals surface area contributed by atoms with Crippen molar-refractivity contribution in [3.05, 3.63) is 0 Å². The summed E-state index contributed by atoms with van der Waals surface area (Å²) in [5.41, 5.74) is 0. The van der Waals surface area contributed by atoms with Crippen molar-refractivity contribution in [3.63, 3.8) is 0 Å². The Morgan fingerprint density at radius 2 is 1.88 bits per heavy atom. The molecule has 2 atom stereocenters. The van der Waals surface area contributed by atoms with Crippen molar-refractivity contribution in [2.75, 3.05) is 5.75 Å². The largest absolute Gasteiger partial charge is 0.481 e. The number of carboxylic acids is 2. The number of nitrogens with one attached hydrogen (secondary N) is 1. The van der Waals surface area contributed by atoms with E-state index in [1.807, 2.05) is 0 Å². The Labute approximate surface area is 97.4 Å². The third-order valence-electron chi connectivity index (χ3n) is 1.69. The fourth-order valence-corrected chi connectivity index (χ4v) is 1.99. The molecule has 0 aromatic heterocycles. The van der Waals surface area contributed by atoms with Crippen molar-refractivity contribution < 1.29 is 24.6 Å². The Hall–Kier alpha value is -1.24. The molecule has 0 bridgehead atoms. The molecule has 0 aromatic rings. The van der Waals surface area contributed by atoms with Gasteiger partial charge in [-0.1, -0.05) is 6.92 Å². The van der Waals surface area contributed by atoms with Crippen molar-refractivity contribution in [1.82, 2.24) is 5.32 Å². The number of carboxylic acid groups (broad SMARTS) is 2. The maximum atomic E-state index is 10.7. The average Bonchev–Trinajstić information content (AvgIpc) is 2.09. The van der Waals surface area contributed by atoms with Gasteiger partial charge >= 0.3 is 11.9 Å². The van der Waals surface area contributed by atoms with Gasteiger partial charge in [0.25, 0.3) is 0 Å². The predicted molar refractivity (Wildman–Crippen MR) is 59.4 cm³/mol. The third kappa shape index (κ3) is 7.10. The summed E-state index contributed by atoms with van der Waals surface area (Å²) in [7, 11) is 0. The molecule has 7 heteroatoms. The van der Waals surface area contributed by atoms with Crippen molar-refractivity contribution >= 4 is 29.6 Å². The van der Waals surface area contributed by atoms with Crippen LogP contribution in [0.1, 0.15) is 20.3 Å². The molecule has 0 aromatic carbocycles. The lowest BCUT2D eigenvalue weighted by molar-refractivity contribution is -0.140. The Balaban J connectivity index is 4.06. The smallest absolute Gasteiger partial charge is 0.327 e. The first-order chi connectivity index (χ1) is 7.32. The number of carbonyl (C=O) groups excluding carboxylic acids is 1. The van der Waals surface area contributed by atoms with Crippen molar-refractivity contribution in [1.29, 1.82) is 0 Å². The summed E-state index contributed by atoms with van der Waals surface area (Å²) >= 11 is 1.21. The topological polar surface area (TPSA) is 104 Å². The van der Waals surface area contributed by atoms with Crippen molar-refractivity contribution in [3.8, 4) is 0 Å². The summed E-state index contributed by atoms with van der Waals surface area (Å²) in [5, 5.41) is 19.4. The fourth-order valence-electron chi connectivity index (χ4n) is 0.985. The highest BCUT2D eigenvalue weighted by Crippen LogP contribution is 2.15. The van der Waals surface area contributed by atoms with Gasteiger partial charge in [-0.15, -0.1) is 0 Å². The third-order valence-corrected chi connectivity index (χ3v) is 2.95. The van der Waals surface area contributed by atoms with Crippen LogP contribution in [0.3, 0.4) is 0 Å². The highest BCUT2D eigenvalue weighted by atomic mass is 32.2. The second-order valence-electron chi connectivity index (χ2n) is 3.33. The Morgan fingerprint density at radius 3 is 2.25 bits per heavy atom. The van der Waals surface area contributed by atoms with Gasteiger partial charge in [0.1, 0.15) is 6.04 Å². The molecule has 2 unspecified atom stereocenters. The minimum atomic E-state index is -1.12. The second-order valence-corrected chi connectivity index (χ2v) is 4.80. The Kier molecular flexibility index (Phi) is 6.55. The number of hydrogen-bond donors (Lipinski definition) is 3. The molecule has 6 nitrogen and oxygen atoms in total. The Bertz CT molecular complexity index is 281. The molecule has 0 saturated carbocycles. The number of hydrogen-bond acceptors (Lipinski definition) is 4. The number of thioether (sulfide) groups is 1. The molecule has 1 amide bonds. The minimum Gasteiger partial charge on any atom is -0.481 e.